The molecule has 170 valence electrons. The van der Waals surface area contributed by atoms with Gasteiger partial charge in [0.05, 0.1) is 13.2 Å². The molecule has 9 nitrogen and oxygen atoms in total. The lowest BCUT2D eigenvalue weighted by Gasteiger charge is -2.29. The van der Waals surface area contributed by atoms with Gasteiger partial charge in [-0.1, -0.05) is 36.4 Å². The molecular weight excluding hydrogens is 400 g/mol. The Labute approximate surface area is 182 Å². The highest BCUT2D eigenvalue weighted by Gasteiger charge is 2.26. The highest BCUT2D eigenvalue weighted by atomic mass is 16.5. The summed E-state index contributed by atoms with van der Waals surface area (Å²) in [5.41, 5.74) is 6.45. The van der Waals surface area contributed by atoms with Crippen LogP contribution in [0.25, 0.3) is 0 Å². The van der Waals surface area contributed by atoms with Crippen LogP contribution in [-0.2, 0) is 20.7 Å². The third kappa shape index (κ3) is 9.18. The molecule has 1 aromatic rings. The lowest BCUT2D eigenvalue weighted by Crippen LogP contribution is -2.55. The van der Waals surface area contributed by atoms with Crippen molar-refractivity contribution in [3.05, 3.63) is 48.0 Å². The van der Waals surface area contributed by atoms with Crippen LogP contribution < -0.4 is 16.4 Å². The van der Waals surface area contributed by atoms with Crippen molar-refractivity contribution in [2.45, 2.75) is 37.8 Å². The molecule has 1 aromatic carbocycles. The number of urea groups is 1. The van der Waals surface area contributed by atoms with Crippen LogP contribution in [0.5, 0.6) is 0 Å². The number of carbonyl (C=O) groups excluding carboxylic acids is 2. The second kappa shape index (κ2) is 13.4. The minimum Gasteiger partial charge on any atom is -0.478 e. The fraction of sp³-hybridized carbons (Fsp3) is 0.500. The average molecular weight is 433 g/mol. The largest absolute Gasteiger partial charge is 0.478 e. The second-order valence-corrected chi connectivity index (χ2v) is 7.39. The van der Waals surface area contributed by atoms with Crippen molar-refractivity contribution < 1.29 is 24.2 Å². The molecule has 0 bridgehead atoms. The minimum absolute atomic E-state index is 0.319. The van der Waals surface area contributed by atoms with Crippen LogP contribution in [0.2, 0.25) is 0 Å². The predicted molar refractivity (Wildman–Crippen MR) is 116 cm³/mol. The van der Waals surface area contributed by atoms with Gasteiger partial charge in [0.2, 0.25) is 5.91 Å². The number of carboxylic acid groups (broad SMARTS) is 1. The molecular formula is C22H32N4O5. The van der Waals surface area contributed by atoms with Gasteiger partial charge in [0.1, 0.15) is 6.04 Å². The Morgan fingerprint density at radius 3 is 2.48 bits per heavy atom. The Morgan fingerprint density at radius 2 is 1.84 bits per heavy atom. The topological polar surface area (TPSA) is 134 Å². The third-order valence-corrected chi connectivity index (χ3v) is 4.96. The number of morpholine rings is 1. The Morgan fingerprint density at radius 1 is 1.13 bits per heavy atom. The number of nitrogens with two attached hydrogens (primary N) is 1. The summed E-state index contributed by atoms with van der Waals surface area (Å²) in [6.07, 6.45) is 4.87. The highest BCUT2D eigenvalue weighted by molar-refractivity contribution is 5.88. The fourth-order valence-corrected chi connectivity index (χ4v) is 3.27. The van der Waals surface area contributed by atoms with E-state index in [0.717, 1.165) is 24.5 Å². The lowest BCUT2D eigenvalue weighted by atomic mass is 10.0. The van der Waals surface area contributed by atoms with Gasteiger partial charge in [0.25, 0.3) is 0 Å². The maximum atomic E-state index is 13.1. The number of carboxylic acids is 1. The standard InChI is InChI=1S/C22H32N4O5/c23-11-5-4-8-18(9-10-20(27)28)24-21(29)19(16-17-6-2-1-3-7-17)25-22(30)26-12-14-31-15-13-26/h1-3,6-7,9-10,18-19H,4-5,8,11-16,23H2,(H,24,29)(H,25,30)(H,27,28)/b10-9+. The van der Waals surface area contributed by atoms with Crippen LogP contribution in [0.4, 0.5) is 4.79 Å². The van der Waals surface area contributed by atoms with E-state index in [0.29, 0.717) is 45.7 Å². The number of ether oxygens (including phenoxy) is 1. The number of carbonyl (C=O) groups is 3. The normalized spacial score (nSPS) is 16.0. The molecule has 0 aromatic heterocycles. The maximum absolute atomic E-state index is 13.1. The van der Waals surface area contributed by atoms with Crippen molar-refractivity contribution in [3.63, 3.8) is 0 Å². The number of amides is 3. The van der Waals surface area contributed by atoms with Gasteiger partial charge in [-0.2, -0.15) is 0 Å². The second-order valence-electron chi connectivity index (χ2n) is 7.39. The first-order valence-corrected chi connectivity index (χ1v) is 10.6. The number of hydrogen-bond acceptors (Lipinski definition) is 5. The molecule has 0 aliphatic carbocycles. The summed E-state index contributed by atoms with van der Waals surface area (Å²) in [5.74, 6) is -1.45. The van der Waals surface area contributed by atoms with E-state index in [1.165, 1.54) is 6.08 Å². The van der Waals surface area contributed by atoms with Crippen molar-refractivity contribution in [3.8, 4) is 0 Å². The van der Waals surface area contributed by atoms with Crippen LogP contribution in [0.3, 0.4) is 0 Å². The summed E-state index contributed by atoms with van der Waals surface area (Å²) in [6, 6.07) is 7.84. The molecule has 2 unspecified atom stereocenters. The predicted octanol–water partition coefficient (Wildman–Crippen LogP) is 0.894. The van der Waals surface area contributed by atoms with E-state index < -0.39 is 18.1 Å². The van der Waals surface area contributed by atoms with Crippen LogP contribution in [0, 0.1) is 0 Å². The van der Waals surface area contributed by atoms with Gasteiger partial charge in [-0.25, -0.2) is 9.59 Å². The van der Waals surface area contributed by atoms with Gasteiger partial charge in [-0.05, 0) is 31.4 Å². The molecule has 0 spiro atoms. The summed E-state index contributed by atoms with van der Waals surface area (Å²) < 4.78 is 5.28. The van der Waals surface area contributed by atoms with E-state index >= 15 is 0 Å². The summed E-state index contributed by atoms with van der Waals surface area (Å²) in [4.78, 5) is 38.3. The lowest BCUT2D eigenvalue weighted by molar-refractivity contribution is -0.131. The number of benzene rings is 1. The number of aliphatic carboxylic acids is 1. The van der Waals surface area contributed by atoms with Crippen molar-refractivity contribution >= 4 is 17.9 Å². The molecule has 1 aliphatic rings. The summed E-state index contributed by atoms with van der Waals surface area (Å²) in [6.45, 7) is 2.39. The number of nitrogens with one attached hydrogen (secondary N) is 2. The molecule has 3 amide bonds. The highest BCUT2D eigenvalue weighted by Crippen LogP contribution is 2.08. The molecule has 5 N–H and O–H groups in total. The molecule has 2 atom stereocenters. The number of unbranched alkanes of at least 4 members (excludes halogenated alkanes) is 1. The van der Waals surface area contributed by atoms with Crippen molar-refractivity contribution in [1.82, 2.24) is 15.5 Å². The number of nitrogens with zero attached hydrogens (tertiary/aromatic N) is 1. The van der Waals surface area contributed by atoms with Gasteiger partial charge in [0, 0.05) is 31.6 Å². The van der Waals surface area contributed by atoms with Crippen molar-refractivity contribution in [1.29, 1.82) is 0 Å². The molecule has 1 saturated heterocycles. The third-order valence-electron chi connectivity index (χ3n) is 4.96. The van der Waals surface area contributed by atoms with E-state index in [2.05, 4.69) is 10.6 Å². The Bertz CT molecular complexity index is 735. The van der Waals surface area contributed by atoms with E-state index in [9.17, 15) is 14.4 Å². The monoisotopic (exact) mass is 432 g/mol. The van der Waals surface area contributed by atoms with E-state index in [4.69, 9.17) is 15.6 Å². The van der Waals surface area contributed by atoms with Gasteiger partial charge < -0.3 is 31.1 Å². The van der Waals surface area contributed by atoms with Gasteiger partial charge in [0.15, 0.2) is 0 Å². The van der Waals surface area contributed by atoms with E-state index in [1.54, 1.807) is 4.90 Å². The van der Waals surface area contributed by atoms with Crippen LogP contribution >= 0.6 is 0 Å². The molecule has 9 heteroatoms. The first-order chi connectivity index (χ1) is 15.0. The summed E-state index contributed by atoms with van der Waals surface area (Å²) in [7, 11) is 0. The van der Waals surface area contributed by atoms with Crippen molar-refractivity contribution in [2.75, 3.05) is 32.8 Å². The molecule has 31 heavy (non-hydrogen) atoms. The molecule has 0 radical (unpaired) electrons. The molecule has 1 aliphatic heterocycles. The smallest absolute Gasteiger partial charge is 0.328 e. The van der Waals surface area contributed by atoms with Crippen LogP contribution in [-0.4, -0.2) is 72.8 Å². The first kappa shape index (κ1) is 24.4. The van der Waals surface area contributed by atoms with Crippen LogP contribution in [0.15, 0.2) is 42.5 Å². The number of rotatable bonds is 11. The van der Waals surface area contributed by atoms with Gasteiger partial charge in [-0.15, -0.1) is 0 Å². The Kier molecular flexibility index (Phi) is 10.5. The minimum atomic E-state index is -1.08. The van der Waals surface area contributed by atoms with E-state index in [-0.39, 0.29) is 11.9 Å². The summed E-state index contributed by atoms with van der Waals surface area (Å²) >= 11 is 0. The average Bonchev–Trinajstić information content (AvgIpc) is 2.78. The van der Waals surface area contributed by atoms with Gasteiger partial charge in [-0.3, -0.25) is 4.79 Å². The molecule has 0 saturated carbocycles. The molecule has 2 rings (SSSR count). The zero-order valence-electron chi connectivity index (χ0n) is 17.7. The summed E-state index contributed by atoms with van der Waals surface area (Å²) in [5, 5.41) is 14.6. The van der Waals surface area contributed by atoms with E-state index in [1.807, 2.05) is 30.3 Å². The number of hydrogen-bond donors (Lipinski definition) is 4. The maximum Gasteiger partial charge on any atom is 0.328 e. The van der Waals surface area contributed by atoms with Gasteiger partial charge >= 0.3 is 12.0 Å². The quantitative estimate of drug-likeness (QED) is 0.303. The molecule has 1 fully saturated rings. The SMILES string of the molecule is NCCCCC(/C=C/C(=O)O)NC(=O)C(Cc1ccccc1)NC(=O)N1CCOCC1. The Hall–Kier alpha value is -2.91. The molecule has 1 heterocycles. The van der Waals surface area contributed by atoms with Crippen LogP contribution in [0.1, 0.15) is 24.8 Å². The van der Waals surface area contributed by atoms with Crippen molar-refractivity contribution in [2.24, 2.45) is 5.73 Å². The zero-order valence-corrected chi connectivity index (χ0v) is 17.7. The zero-order chi connectivity index (χ0) is 22.5. The Balaban J connectivity index is 2.09. The fourth-order valence-electron chi connectivity index (χ4n) is 3.27. The first-order valence-electron chi connectivity index (χ1n) is 10.6.